The maximum absolute atomic E-state index is 13.5. The van der Waals surface area contributed by atoms with Crippen molar-refractivity contribution in [3.63, 3.8) is 0 Å². The van der Waals surface area contributed by atoms with Crippen LogP contribution in [0, 0.1) is 0 Å². The number of morpholine rings is 4. The number of nitrogens with zero attached hydrogens (tertiary/aromatic N) is 19. The number of esters is 2. The number of hydrogen-bond acceptors (Lipinski definition) is 29. The molecular formula is C76H100ClF9N24O9. The topological polar surface area (TPSA) is 354 Å². The Bertz CT molecular complexity index is 4360. The Balaban J connectivity index is 0.000000142. The molecule has 4 aliphatic heterocycles. The molecule has 33 nitrogen and oxygen atoms in total. The van der Waals surface area contributed by atoms with Gasteiger partial charge in [-0.2, -0.15) is 60.3 Å². The zero-order chi connectivity index (χ0) is 83.9. The Morgan fingerprint density at radius 1 is 0.437 bits per heavy atom. The van der Waals surface area contributed by atoms with Gasteiger partial charge in [0.05, 0.1) is 84.1 Å². The molecule has 0 bridgehead atoms. The highest BCUT2D eigenvalue weighted by Crippen LogP contribution is 2.39. The Morgan fingerprint density at radius 2 is 0.731 bits per heavy atom. The van der Waals surface area contributed by atoms with Crippen LogP contribution >= 0.6 is 11.6 Å². The standard InChI is InChI=1S/C20H26F2N6O3.C18H23F3N6O.C18H24F2N6O2.C16H18ClF2N5O2.C4H9NO/c1-2-31-18(29)15-5-8-28(26-15)19-24-16(23-14-3-6-20(21,22)7-4-14)13-17(25-19)27-9-11-30-12-10-27;19-12-14-3-6-27(25-14)17-23-15(22-13-1-4-18(20,21)5-2-13)11-16(24-17)26-7-9-28-10-8-26;19-18(20)4-1-13(2-5-18)21-15-11-16(25-7-9-28-10-8-25)23-17(22-15)26-6-3-14(12-27)24-26;1-2-26-14(25)11-5-8-24(23-11)15-21-12(17)9-13(22-15)20-10-3-6-16(18,19)7-4-10;1-3-6-4-2-5-1/h5,8,13-14H,2-4,6-7,9-12H2,1H3,(H,23,24,25);3,6,11,13H,1-2,4-5,7-10,12H2,(H,22,23,24);3,6,11,13,27H,1-2,4-5,7-10,12H2,(H,21,22,23);5,8-10H,2-4,6-7H2,1H3,(H,20,21,22);5H,1-4H2. The van der Waals surface area contributed by atoms with E-state index in [1.165, 1.54) is 37.1 Å². The van der Waals surface area contributed by atoms with Crippen LogP contribution in [-0.2, 0) is 41.7 Å². The van der Waals surface area contributed by atoms with Gasteiger partial charge in [-0.1, -0.05) is 11.6 Å². The number of nitrogens with one attached hydrogen (secondary N) is 5. The quantitative estimate of drug-likeness (QED) is 0.0221. The van der Waals surface area contributed by atoms with E-state index in [1.54, 1.807) is 50.6 Å². The minimum Gasteiger partial charge on any atom is -0.461 e. The molecule has 0 spiro atoms. The molecule has 8 fully saturated rings. The number of carbonyl (C=O) groups excluding carboxylic acids is 2. The molecule has 16 rings (SSSR count). The van der Waals surface area contributed by atoms with E-state index in [0.717, 1.165) is 32.1 Å². The fourth-order valence-electron chi connectivity index (χ4n) is 13.9. The number of anilines is 7. The zero-order valence-corrected chi connectivity index (χ0v) is 66.9. The summed E-state index contributed by atoms with van der Waals surface area (Å²) >= 11 is 6.04. The van der Waals surface area contributed by atoms with Gasteiger partial charge in [-0.3, -0.25) is 0 Å². The molecule has 8 aromatic heterocycles. The number of aliphatic hydroxyl groups excluding tert-OH is 1. The van der Waals surface area contributed by atoms with Crippen molar-refractivity contribution in [1.82, 2.24) is 84.3 Å². The number of ether oxygens (including phenoxy) is 6. The molecule has 4 saturated heterocycles. The van der Waals surface area contributed by atoms with Crippen molar-refractivity contribution in [2.75, 3.05) is 154 Å². The summed E-state index contributed by atoms with van der Waals surface area (Å²) in [7, 11) is 0. The molecular weight excluding hydrogens is 1600 g/mol. The van der Waals surface area contributed by atoms with Crippen molar-refractivity contribution in [1.29, 1.82) is 0 Å². The summed E-state index contributed by atoms with van der Waals surface area (Å²) < 4.78 is 157. The van der Waals surface area contributed by atoms with Gasteiger partial charge in [0.2, 0.25) is 23.7 Å². The molecule has 648 valence electrons. The van der Waals surface area contributed by atoms with Crippen LogP contribution in [0.25, 0.3) is 23.8 Å². The predicted octanol–water partition coefficient (Wildman–Crippen LogP) is 10.7. The first kappa shape index (κ1) is 88.4. The summed E-state index contributed by atoms with van der Waals surface area (Å²) in [5, 5.41) is 42.3. The number of alkyl halides is 9. The molecule has 4 aliphatic carbocycles. The first-order chi connectivity index (χ1) is 57.3. The van der Waals surface area contributed by atoms with E-state index in [4.69, 9.17) is 40.0 Å². The highest BCUT2D eigenvalue weighted by Gasteiger charge is 2.39. The number of carbonyl (C=O) groups is 2. The van der Waals surface area contributed by atoms with Crippen LogP contribution in [0.5, 0.6) is 0 Å². The van der Waals surface area contributed by atoms with Gasteiger partial charge in [0.1, 0.15) is 52.6 Å². The minimum absolute atomic E-state index is 0.0504. The van der Waals surface area contributed by atoms with Gasteiger partial charge in [-0.05, 0) is 89.5 Å². The number of aliphatic hydroxyl groups is 1. The Hall–Kier alpha value is -9.88. The van der Waals surface area contributed by atoms with E-state index >= 15 is 0 Å². The monoisotopic (exact) mass is 1700 g/mol. The third-order valence-corrected chi connectivity index (χ3v) is 20.7. The summed E-state index contributed by atoms with van der Waals surface area (Å²) in [6, 6.07) is 13.0. The van der Waals surface area contributed by atoms with Crippen molar-refractivity contribution in [2.24, 2.45) is 0 Å². The lowest BCUT2D eigenvalue weighted by Gasteiger charge is -2.30. The van der Waals surface area contributed by atoms with Crippen LogP contribution in [0.4, 0.5) is 80.2 Å². The summed E-state index contributed by atoms with van der Waals surface area (Å²) in [4.78, 5) is 65.6. The highest BCUT2D eigenvalue weighted by molar-refractivity contribution is 6.29. The fraction of sp³-hybridized carbons (Fsp3) is 0.605. The predicted molar refractivity (Wildman–Crippen MR) is 420 cm³/mol. The number of hydrogen-bond donors (Lipinski definition) is 6. The van der Waals surface area contributed by atoms with Crippen molar-refractivity contribution in [3.05, 3.63) is 101 Å². The van der Waals surface area contributed by atoms with E-state index in [0.29, 0.717) is 188 Å². The minimum atomic E-state index is -2.59. The van der Waals surface area contributed by atoms with Crippen molar-refractivity contribution >= 4 is 64.3 Å². The summed E-state index contributed by atoms with van der Waals surface area (Å²) in [6.07, 6.45) is 8.33. The molecule has 4 saturated carbocycles. The third kappa shape index (κ3) is 26.6. The Labute approximate surface area is 685 Å². The van der Waals surface area contributed by atoms with Gasteiger partial charge < -0.3 is 74.8 Å². The van der Waals surface area contributed by atoms with E-state index < -0.39 is 42.3 Å². The molecule has 0 unspecified atom stereocenters. The first-order valence-electron chi connectivity index (χ1n) is 40.1. The second kappa shape index (κ2) is 41.9. The van der Waals surface area contributed by atoms with Gasteiger partial charge >= 0.3 is 11.9 Å². The average Bonchev–Trinajstić information content (AvgIpc) is 1.78. The van der Waals surface area contributed by atoms with Crippen LogP contribution < -0.4 is 41.3 Å². The van der Waals surface area contributed by atoms with E-state index in [9.17, 15) is 54.2 Å². The van der Waals surface area contributed by atoms with Crippen LogP contribution in [0.1, 0.15) is 149 Å². The largest absolute Gasteiger partial charge is 0.461 e. The zero-order valence-electron chi connectivity index (χ0n) is 66.2. The van der Waals surface area contributed by atoms with Gasteiger partial charge in [0.15, 0.2) is 11.4 Å². The fourth-order valence-corrected chi connectivity index (χ4v) is 14.1. The molecule has 0 aromatic carbocycles. The van der Waals surface area contributed by atoms with Gasteiger partial charge in [-0.25, -0.2) is 67.8 Å². The van der Waals surface area contributed by atoms with Crippen molar-refractivity contribution in [3.8, 4) is 23.8 Å². The number of rotatable bonds is 21. The molecule has 43 heteroatoms. The molecule has 0 radical (unpaired) electrons. The summed E-state index contributed by atoms with van der Waals surface area (Å²) in [6.45, 7) is 14.7. The molecule has 8 aromatic rings. The van der Waals surface area contributed by atoms with E-state index in [2.05, 4.69) is 102 Å². The molecule has 12 heterocycles. The summed E-state index contributed by atoms with van der Waals surface area (Å²) in [5.74, 6) is -6.05. The third-order valence-electron chi connectivity index (χ3n) is 20.5. The molecule has 6 N–H and O–H groups in total. The molecule has 0 amide bonds. The van der Waals surface area contributed by atoms with Gasteiger partial charge in [-0.15, -0.1) is 0 Å². The molecule has 0 atom stereocenters. The second-order valence-electron chi connectivity index (χ2n) is 29.4. The lowest BCUT2D eigenvalue weighted by Crippen LogP contribution is -2.37. The van der Waals surface area contributed by atoms with Gasteiger partial charge in [0, 0.05) is 177 Å². The lowest BCUT2D eigenvalue weighted by atomic mass is 9.92. The average molecular weight is 1700 g/mol. The van der Waals surface area contributed by atoms with Crippen LogP contribution in [0.15, 0.2) is 73.3 Å². The molecule has 8 aliphatic rings. The maximum atomic E-state index is 13.5. The van der Waals surface area contributed by atoms with Crippen LogP contribution in [-0.4, -0.2) is 262 Å². The SMILES string of the molecule is C1COCCN1.CCOC(=O)c1ccn(-c2nc(Cl)cc(NC3CCC(F)(F)CC3)n2)n1.CCOC(=O)c1ccn(-c2nc(NC3CCC(F)(F)CC3)cc(N3CCOCC3)n2)n1.FCc1ccn(-c2nc(NC3CCC(F)(F)CC3)cc(N3CCOCC3)n2)n1.OCc1ccn(-c2nc(NC3CCC(F)(F)CC3)cc(N3CCOCC3)n2)n1. The van der Waals surface area contributed by atoms with Gasteiger partial charge in [0.25, 0.3) is 23.8 Å². The first-order valence-corrected chi connectivity index (χ1v) is 40.5. The van der Waals surface area contributed by atoms with Crippen molar-refractivity contribution < 1.29 is 82.6 Å². The Kier molecular flexibility index (Phi) is 31.1. The lowest BCUT2D eigenvalue weighted by molar-refractivity contribution is -0.0366. The highest BCUT2D eigenvalue weighted by atomic mass is 35.5. The summed E-state index contributed by atoms with van der Waals surface area (Å²) in [5.41, 5.74) is 1.10. The smallest absolute Gasteiger partial charge is 0.358 e. The number of halogens is 10. The molecule has 119 heavy (non-hydrogen) atoms. The van der Waals surface area contributed by atoms with Crippen molar-refractivity contribution in [2.45, 2.75) is 178 Å². The van der Waals surface area contributed by atoms with Crippen LogP contribution in [0.2, 0.25) is 5.15 Å². The maximum Gasteiger partial charge on any atom is 0.358 e. The second-order valence-corrected chi connectivity index (χ2v) is 29.8. The van der Waals surface area contributed by atoms with E-state index in [1.807, 2.05) is 18.2 Å². The Morgan fingerprint density at radius 3 is 1.02 bits per heavy atom. The number of aromatic nitrogens is 16. The van der Waals surface area contributed by atoms with Crippen LogP contribution in [0.3, 0.4) is 0 Å². The normalized spacial score (nSPS) is 19.5. The van der Waals surface area contributed by atoms with E-state index in [-0.39, 0.29) is 124 Å².